The molecule has 3 rings (SSSR count). The maximum absolute atomic E-state index is 12.8. The van der Waals surface area contributed by atoms with Gasteiger partial charge in [-0.3, -0.25) is 4.79 Å². The fraction of sp³-hybridized carbons (Fsp3) is 0.360. The fourth-order valence-corrected chi connectivity index (χ4v) is 3.62. The van der Waals surface area contributed by atoms with Crippen molar-refractivity contribution in [3.63, 3.8) is 0 Å². The van der Waals surface area contributed by atoms with E-state index < -0.39 is 0 Å². The number of aryl methyl sites for hydroxylation is 1. The predicted molar refractivity (Wildman–Crippen MR) is 122 cm³/mol. The minimum Gasteiger partial charge on any atom is -0.490 e. The molecule has 0 aliphatic rings. The van der Waals surface area contributed by atoms with E-state index in [1.807, 2.05) is 87.8 Å². The van der Waals surface area contributed by atoms with E-state index in [0.29, 0.717) is 24.7 Å². The molecule has 1 atom stereocenters. The van der Waals surface area contributed by atoms with Gasteiger partial charge in [-0.2, -0.15) is 5.10 Å². The Bertz CT molecular complexity index is 1030. The maximum atomic E-state index is 12.8. The van der Waals surface area contributed by atoms with Gasteiger partial charge in [-0.25, -0.2) is 4.68 Å². The summed E-state index contributed by atoms with van der Waals surface area (Å²) >= 11 is 0. The zero-order valence-corrected chi connectivity index (χ0v) is 18.9. The molecule has 31 heavy (non-hydrogen) atoms. The van der Waals surface area contributed by atoms with Crippen molar-refractivity contribution in [2.45, 2.75) is 47.1 Å². The van der Waals surface area contributed by atoms with Crippen molar-refractivity contribution in [3.05, 3.63) is 71.0 Å². The van der Waals surface area contributed by atoms with Crippen LogP contribution < -0.4 is 14.8 Å². The number of ether oxygens (including phenoxy) is 2. The van der Waals surface area contributed by atoms with E-state index in [4.69, 9.17) is 9.47 Å². The number of nitrogens with one attached hydrogen (secondary N) is 1. The first-order valence-corrected chi connectivity index (χ1v) is 10.7. The van der Waals surface area contributed by atoms with Crippen LogP contribution >= 0.6 is 0 Å². The highest BCUT2D eigenvalue weighted by Gasteiger charge is 2.18. The van der Waals surface area contributed by atoms with E-state index in [-0.39, 0.29) is 18.4 Å². The van der Waals surface area contributed by atoms with E-state index in [1.165, 1.54) is 0 Å². The summed E-state index contributed by atoms with van der Waals surface area (Å²) in [6, 6.07) is 15.6. The molecule has 6 nitrogen and oxygen atoms in total. The molecule has 0 aliphatic carbocycles. The second-order valence-electron chi connectivity index (χ2n) is 7.43. The molecule has 1 amide bonds. The lowest BCUT2D eigenvalue weighted by Crippen LogP contribution is -2.28. The van der Waals surface area contributed by atoms with Crippen molar-refractivity contribution in [3.8, 4) is 17.2 Å². The Balaban J connectivity index is 1.73. The maximum Gasteiger partial charge on any atom is 0.225 e. The molecule has 0 fully saturated rings. The minimum absolute atomic E-state index is 0.0434. The lowest BCUT2D eigenvalue weighted by molar-refractivity contribution is -0.121. The third kappa shape index (κ3) is 5.26. The average molecular weight is 422 g/mol. The van der Waals surface area contributed by atoms with Crippen molar-refractivity contribution in [1.82, 2.24) is 15.1 Å². The first kappa shape index (κ1) is 22.4. The number of hydrogen-bond donors (Lipinski definition) is 1. The number of para-hydroxylation sites is 1. The number of hydrogen-bond acceptors (Lipinski definition) is 4. The molecule has 0 aliphatic heterocycles. The van der Waals surface area contributed by atoms with Crippen LogP contribution in [0.25, 0.3) is 5.69 Å². The van der Waals surface area contributed by atoms with Crippen LogP contribution in [0.1, 0.15) is 49.3 Å². The molecule has 0 saturated carbocycles. The van der Waals surface area contributed by atoms with Crippen molar-refractivity contribution in [2.24, 2.45) is 0 Å². The summed E-state index contributed by atoms with van der Waals surface area (Å²) in [5.41, 5.74) is 4.75. The van der Waals surface area contributed by atoms with Crippen LogP contribution in [0.15, 0.2) is 48.5 Å². The number of benzene rings is 2. The zero-order valence-electron chi connectivity index (χ0n) is 18.9. The Hall–Kier alpha value is -3.28. The second-order valence-corrected chi connectivity index (χ2v) is 7.43. The summed E-state index contributed by atoms with van der Waals surface area (Å²) in [5, 5.41) is 7.73. The van der Waals surface area contributed by atoms with Gasteiger partial charge in [0.1, 0.15) is 0 Å². The summed E-state index contributed by atoms with van der Waals surface area (Å²) < 4.78 is 13.2. The van der Waals surface area contributed by atoms with Crippen LogP contribution in [0.5, 0.6) is 11.5 Å². The Morgan fingerprint density at radius 3 is 2.39 bits per heavy atom. The number of rotatable bonds is 9. The topological polar surface area (TPSA) is 65.4 Å². The van der Waals surface area contributed by atoms with Gasteiger partial charge in [0.25, 0.3) is 0 Å². The van der Waals surface area contributed by atoms with Gasteiger partial charge in [-0.05, 0) is 64.4 Å². The standard InChI is InChI=1S/C25H31N3O3/c1-6-30-23-14-13-20(15-24(23)31-7-2)17(3)26-25(29)16-22-18(4)27-28(19(22)5)21-11-9-8-10-12-21/h8-15,17H,6-7,16H2,1-5H3,(H,26,29)/t17-/m1/s1. The van der Waals surface area contributed by atoms with E-state index in [9.17, 15) is 4.79 Å². The molecule has 2 aromatic carbocycles. The highest BCUT2D eigenvalue weighted by atomic mass is 16.5. The summed E-state index contributed by atoms with van der Waals surface area (Å²) in [4.78, 5) is 12.8. The molecule has 0 unspecified atom stereocenters. The molecular formula is C25H31N3O3. The molecular weight excluding hydrogens is 390 g/mol. The lowest BCUT2D eigenvalue weighted by atomic mass is 10.1. The largest absolute Gasteiger partial charge is 0.490 e. The van der Waals surface area contributed by atoms with Gasteiger partial charge in [-0.15, -0.1) is 0 Å². The molecule has 1 N–H and O–H groups in total. The summed E-state index contributed by atoms with van der Waals surface area (Å²) in [6.07, 6.45) is 0.282. The van der Waals surface area contributed by atoms with Gasteiger partial charge in [0, 0.05) is 11.3 Å². The molecule has 3 aromatic rings. The third-order valence-electron chi connectivity index (χ3n) is 5.22. The Morgan fingerprint density at radius 2 is 1.71 bits per heavy atom. The first-order chi connectivity index (χ1) is 14.9. The van der Waals surface area contributed by atoms with Gasteiger partial charge < -0.3 is 14.8 Å². The summed E-state index contributed by atoms with van der Waals surface area (Å²) in [5.74, 6) is 1.36. The summed E-state index contributed by atoms with van der Waals surface area (Å²) in [7, 11) is 0. The van der Waals surface area contributed by atoms with Crippen LogP contribution in [0.4, 0.5) is 0 Å². The van der Waals surface area contributed by atoms with Crippen LogP contribution in [-0.2, 0) is 11.2 Å². The van der Waals surface area contributed by atoms with Crippen molar-refractivity contribution >= 4 is 5.91 Å². The average Bonchev–Trinajstić information content (AvgIpc) is 3.04. The summed E-state index contributed by atoms with van der Waals surface area (Å²) in [6.45, 7) is 10.9. The van der Waals surface area contributed by atoms with Gasteiger partial charge >= 0.3 is 0 Å². The fourth-order valence-electron chi connectivity index (χ4n) is 3.62. The zero-order chi connectivity index (χ0) is 22.4. The number of carbonyl (C=O) groups is 1. The Morgan fingerprint density at radius 1 is 1.03 bits per heavy atom. The third-order valence-corrected chi connectivity index (χ3v) is 5.22. The van der Waals surface area contributed by atoms with Gasteiger partial charge in [0.05, 0.1) is 37.1 Å². The van der Waals surface area contributed by atoms with Crippen molar-refractivity contribution in [1.29, 1.82) is 0 Å². The number of nitrogens with zero attached hydrogens (tertiary/aromatic N) is 2. The van der Waals surface area contributed by atoms with Crippen molar-refractivity contribution in [2.75, 3.05) is 13.2 Å². The molecule has 0 saturated heterocycles. The van der Waals surface area contributed by atoms with Gasteiger partial charge in [-0.1, -0.05) is 24.3 Å². The quantitative estimate of drug-likeness (QED) is 0.544. The molecule has 6 heteroatoms. The smallest absolute Gasteiger partial charge is 0.225 e. The van der Waals surface area contributed by atoms with Crippen LogP contribution in [0.3, 0.4) is 0 Å². The normalized spacial score (nSPS) is 11.8. The van der Waals surface area contributed by atoms with E-state index in [2.05, 4.69) is 10.4 Å². The molecule has 164 valence electrons. The highest BCUT2D eigenvalue weighted by molar-refractivity contribution is 5.79. The monoisotopic (exact) mass is 421 g/mol. The Kier molecular flexibility index (Phi) is 7.34. The van der Waals surface area contributed by atoms with Crippen LogP contribution in [0.2, 0.25) is 0 Å². The van der Waals surface area contributed by atoms with Crippen LogP contribution in [-0.4, -0.2) is 28.9 Å². The van der Waals surface area contributed by atoms with Gasteiger partial charge in [0.15, 0.2) is 11.5 Å². The second kappa shape index (κ2) is 10.2. The first-order valence-electron chi connectivity index (χ1n) is 10.7. The molecule has 1 heterocycles. The highest BCUT2D eigenvalue weighted by Crippen LogP contribution is 2.30. The molecule has 1 aromatic heterocycles. The van der Waals surface area contributed by atoms with Crippen LogP contribution in [0, 0.1) is 13.8 Å². The minimum atomic E-state index is -0.160. The number of carbonyl (C=O) groups excluding carboxylic acids is 1. The van der Waals surface area contributed by atoms with Gasteiger partial charge in [0.2, 0.25) is 5.91 Å². The SMILES string of the molecule is CCOc1ccc([C@@H](C)NC(=O)Cc2c(C)nn(-c3ccccc3)c2C)cc1OCC. The van der Waals surface area contributed by atoms with Crippen molar-refractivity contribution < 1.29 is 14.3 Å². The van der Waals surface area contributed by atoms with E-state index >= 15 is 0 Å². The molecule has 0 radical (unpaired) electrons. The molecule has 0 spiro atoms. The van der Waals surface area contributed by atoms with E-state index in [1.54, 1.807) is 0 Å². The lowest BCUT2D eigenvalue weighted by Gasteiger charge is -2.17. The van der Waals surface area contributed by atoms with E-state index in [0.717, 1.165) is 28.2 Å². The number of aromatic nitrogens is 2. The Labute approximate surface area is 184 Å². The molecule has 0 bridgehead atoms. The number of amides is 1. The predicted octanol–water partition coefficient (Wildman–Crippen LogP) is 4.71.